The van der Waals surface area contributed by atoms with Gasteiger partial charge in [0.2, 0.25) is 0 Å². The maximum Gasteiger partial charge on any atom is 0.143 e. The predicted molar refractivity (Wildman–Crippen MR) is 67.8 cm³/mol. The highest BCUT2D eigenvalue weighted by molar-refractivity contribution is 5.82. The second-order valence-corrected chi connectivity index (χ2v) is 4.69. The largest absolute Gasteiger partial charge is 0.409 e. The first-order valence-electron chi connectivity index (χ1n) is 6.14. The Morgan fingerprint density at radius 2 is 2.28 bits per heavy atom. The van der Waals surface area contributed by atoms with Crippen LogP contribution in [0.3, 0.4) is 0 Å². The van der Waals surface area contributed by atoms with E-state index in [9.17, 15) is 4.39 Å². The maximum absolute atomic E-state index is 13.6. The van der Waals surface area contributed by atoms with E-state index in [4.69, 9.17) is 10.9 Å². The Balaban J connectivity index is 2.00. The van der Waals surface area contributed by atoms with Gasteiger partial charge in [-0.25, -0.2) is 4.39 Å². The molecule has 1 heterocycles. The molecule has 2 rings (SSSR count). The van der Waals surface area contributed by atoms with E-state index in [1.54, 1.807) is 12.1 Å². The first kappa shape index (κ1) is 12.8. The van der Waals surface area contributed by atoms with Crippen LogP contribution in [-0.4, -0.2) is 29.0 Å². The summed E-state index contributed by atoms with van der Waals surface area (Å²) in [5.41, 5.74) is 6.32. The van der Waals surface area contributed by atoms with E-state index < -0.39 is 0 Å². The van der Waals surface area contributed by atoms with Crippen molar-refractivity contribution in [1.29, 1.82) is 0 Å². The molecule has 1 fully saturated rings. The minimum atomic E-state index is -0.177. The van der Waals surface area contributed by atoms with Crippen molar-refractivity contribution in [1.82, 2.24) is 4.90 Å². The summed E-state index contributed by atoms with van der Waals surface area (Å²) in [5.74, 6) is 0.159. The molecule has 0 spiro atoms. The summed E-state index contributed by atoms with van der Waals surface area (Å²) in [5, 5.41) is 11.8. The number of nitrogens with zero attached hydrogens (tertiary/aromatic N) is 2. The molecule has 4 nitrogen and oxygen atoms in total. The van der Waals surface area contributed by atoms with Crippen LogP contribution in [0.1, 0.15) is 18.4 Å². The van der Waals surface area contributed by atoms with Crippen LogP contribution in [0, 0.1) is 11.7 Å². The van der Waals surface area contributed by atoms with Crippen molar-refractivity contribution >= 4 is 5.84 Å². The Kier molecular flexibility index (Phi) is 4.15. The van der Waals surface area contributed by atoms with Crippen molar-refractivity contribution < 1.29 is 9.60 Å². The first-order valence-corrected chi connectivity index (χ1v) is 6.14. The second-order valence-electron chi connectivity index (χ2n) is 4.69. The highest BCUT2D eigenvalue weighted by atomic mass is 19.1. The molecule has 0 aromatic heterocycles. The topological polar surface area (TPSA) is 61.9 Å². The first-order chi connectivity index (χ1) is 8.70. The molecule has 0 radical (unpaired) electrons. The van der Waals surface area contributed by atoms with Gasteiger partial charge >= 0.3 is 0 Å². The number of halogens is 1. The molecule has 0 bridgehead atoms. The van der Waals surface area contributed by atoms with E-state index in [1.807, 2.05) is 6.07 Å². The van der Waals surface area contributed by atoms with Gasteiger partial charge in [-0.1, -0.05) is 23.4 Å². The number of hydrogen-bond donors (Lipinski definition) is 2. The van der Waals surface area contributed by atoms with Gasteiger partial charge in [0.25, 0.3) is 0 Å². The van der Waals surface area contributed by atoms with Crippen LogP contribution < -0.4 is 5.73 Å². The Labute approximate surface area is 106 Å². The molecular weight excluding hydrogens is 233 g/mol. The van der Waals surface area contributed by atoms with Gasteiger partial charge in [-0.2, -0.15) is 0 Å². The standard InChI is InChI=1S/C13H18FN3O/c14-12-6-2-1-4-10(12)8-17-7-3-5-11(9-17)13(15)16-18/h1-2,4,6,11,18H,3,5,7-9H2,(H2,15,16). The number of nitrogens with two attached hydrogens (primary N) is 1. The Morgan fingerprint density at radius 3 is 3.00 bits per heavy atom. The Bertz CT molecular complexity index is 436. The van der Waals surface area contributed by atoms with Crippen molar-refractivity contribution in [3.8, 4) is 0 Å². The molecule has 1 unspecified atom stereocenters. The number of piperidine rings is 1. The van der Waals surface area contributed by atoms with E-state index in [-0.39, 0.29) is 17.6 Å². The van der Waals surface area contributed by atoms with Crippen molar-refractivity contribution in [3.05, 3.63) is 35.6 Å². The molecule has 1 aliphatic rings. The number of amidine groups is 1. The molecule has 1 aromatic rings. The van der Waals surface area contributed by atoms with Gasteiger partial charge in [-0.15, -0.1) is 0 Å². The Hall–Kier alpha value is -1.62. The highest BCUT2D eigenvalue weighted by Gasteiger charge is 2.23. The number of benzene rings is 1. The molecule has 1 aliphatic heterocycles. The van der Waals surface area contributed by atoms with Gasteiger partial charge in [-0.3, -0.25) is 4.90 Å². The molecule has 0 amide bonds. The molecule has 1 aromatic carbocycles. The van der Waals surface area contributed by atoms with Crippen LogP contribution in [-0.2, 0) is 6.54 Å². The molecule has 3 N–H and O–H groups in total. The number of rotatable bonds is 3. The fraction of sp³-hybridized carbons (Fsp3) is 0.462. The molecular formula is C13H18FN3O. The molecule has 1 saturated heterocycles. The molecule has 0 saturated carbocycles. The van der Waals surface area contributed by atoms with Crippen molar-refractivity contribution in [3.63, 3.8) is 0 Å². The van der Waals surface area contributed by atoms with Gasteiger partial charge in [0.1, 0.15) is 11.7 Å². The van der Waals surface area contributed by atoms with E-state index in [0.29, 0.717) is 18.7 Å². The normalized spacial score (nSPS) is 22.1. The van der Waals surface area contributed by atoms with E-state index in [1.165, 1.54) is 6.07 Å². The molecule has 0 aliphatic carbocycles. The van der Waals surface area contributed by atoms with Crippen LogP contribution in [0.25, 0.3) is 0 Å². The molecule has 5 heteroatoms. The summed E-state index contributed by atoms with van der Waals surface area (Å²) in [7, 11) is 0. The highest BCUT2D eigenvalue weighted by Crippen LogP contribution is 2.19. The van der Waals surface area contributed by atoms with Crippen LogP contribution in [0.5, 0.6) is 0 Å². The van der Waals surface area contributed by atoms with Crippen molar-refractivity contribution in [2.45, 2.75) is 19.4 Å². The van der Waals surface area contributed by atoms with Crippen LogP contribution in [0.2, 0.25) is 0 Å². The van der Waals surface area contributed by atoms with E-state index >= 15 is 0 Å². The second kappa shape index (κ2) is 5.82. The third kappa shape index (κ3) is 2.98. The zero-order valence-corrected chi connectivity index (χ0v) is 10.2. The minimum absolute atomic E-state index is 0.0653. The third-order valence-electron chi connectivity index (χ3n) is 3.39. The van der Waals surface area contributed by atoms with Gasteiger partial charge in [0.15, 0.2) is 0 Å². The summed E-state index contributed by atoms with van der Waals surface area (Å²) >= 11 is 0. The number of likely N-dealkylation sites (tertiary alicyclic amines) is 1. The van der Waals surface area contributed by atoms with Gasteiger partial charge < -0.3 is 10.9 Å². The number of oxime groups is 1. The fourth-order valence-electron chi connectivity index (χ4n) is 2.39. The zero-order chi connectivity index (χ0) is 13.0. The zero-order valence-electron chi connectivity index (χ0n) is 10.2. The lowest BCUT2D eigenvalue weighted by Crippen LogP contribution is -2.40. The van der Waals surface area contributed by atoms with Crippen LogP contribution in [0.15, 0.2) is 29.4 Å². The van der Waals surface area contributed by atoms with Gasteiger partial charge in [-0.05, 0) is 25.5 Å². The quantitative estimate of drug-likeness (QED) is 0.372. The average Bonchev–Trinajstić information content (AvgIpc) is 2.41. The third-order valence-corrected chi connectivity index (χ3v) is 3.39. The minimum Gasteiger partial charge on any atom is -0.409 e. The predicted octanol–water partition coefficient (Wildman–Crippen LogP) is 1.78. The summed E-state index contributed by atoms with van der Waals surface area (Å²) in [4.78, 5) is 2.14. The molecule has 1 atom stereocenters. The number of hydrogen-bond acceptors (Lipinski definition) is 3. The monoisotopic (exact) mass is 251 g/mol. The molecule has 18 heavy (non-hydrogen) atoms. The lowest BCUT2D eigenvalue weighted by molar-refractivity contribution is 0.191. The van der Waals surface area contributed by atoms with E-state index in [2.05, 4.69) is 10.1 Å². The van der Waals surface area contributed by atoms with Crippen LogP contribution in [0.4, 0.5) is 4.39 Å². The summed E-state index contributed by atoms with van der Waals surface area (Å²) in [6.45, 7) is 2.20. The van der Waals surface area contributed by atoms with E-state index in [0.717, 1.165) is 19.4 Å². The SMILES string of the molecule is NC(=NO)C1CCCN(Cc2ccccc2F)C1. The lowest BCUT2D eigenvalue weighted by atomic mass is 9.96. The summed E-state index contributed by atoms with van der Waals surface area (Å²) < 4.78 is 13.6. The molecule has 98 valence electrons. The van der Waals surface area contributed by atoms with Gasteiger partial charge in [0, 0.05) is 24.6 Å². The average molecular weight is 251 g/mol. The summed E-state index contributed by atoms with van der Waals surface area (Å²) in [6.07, 6.45) is 1.90. The van der Waals surface area contributed by atoms with Crippen LogP contribution >= 0.6 is 0 Å². The smallest absolute Gasteiger partial charge is 0.143 e. The van der Waals surface area contributed by atoms with Crippen molar-refractivity contribution in [2.75, 3.05) is 13.1 Å². The maximum atomic E-state index is 13.6. The van der Waals surface area contributed by atoms with Crippen molar-refractivity contribution in [2.24, 2.45) is 16.8 Å². The fourth-order valence-corrected chi connectivity index (χ4v) is 2.39. The van der Waals surface area contributed by atoms with Gasteiger partial charge in [0.05, 0.1) is 0 Å². The summed E-state index contributed by atoms with van der Waals surface area (Å²) in [6, 6.07) is 6.79. The lowest BCUT2D eigenvalue weighted by Gasteiger charge is -2.32. The Morgan fingerprint density at radius 1 is 1.50 bits per heavy atom.